The third-order valence-electron chi connectivity index (χ3n) is 8.30. The maximum absolute atomic E-state index is 13.7. The third kappa shape index (κ3) is 5.10. The Morgan fingerprint density at radius 2 is 1.50 bits per heavy atom. The molecule has 0 atom stereocenters. The largest absolute Gasteiger partial charge is 0.460 e. The maximum Gasteiger partial charge on any atom is 0.253 e. The van der Waals surface area contributed by atoms with Crippen molar-refractivity contribution in [1.82, 2.24) is 4.90 Å². The zero-order valence-corrected chi connectivity index (χ0v) is 21.9. The molecule has 3 aromatic carbocycles. The maximum atomic E-state index is 13.7. The smallest absolute Gasteiger partial charge is 0.253 e. The van der Waals surface area contributed by atoms with Crippen LogP contribution in [0, 0.1) is 11.2 Å². The van der Waals surface area contributed by atoms with Crippen molar-refractivity contribution in [3.05, 3.63) is 83.9 Å². The first-order valence-electron chi connectivity index (χ1n) is 13.5. The number of piperidine rings is 1. The summed E-state index contributed by atoms with van der Waals surface area (Å²) in [6, 6.07) is 19.2. The van der Waals surface area contributed by atoms with E-state index >= 15 is 0 Å². The van der Waals surface area contributed by atoms with Gasteiger partial charge in [0.15, 0.2) is 0 Å². The van der Waals surface area contributed by atoms with Crippen LogP contribution in [0.4, 0.5) is 13.2 Å². The first kappa shape index (κ1) is 26.2. The lowest BCUT2D eigenvalue weighted by Crippen LogP contribution is -2.42. The number of furan rings is 1. The number of rotatable bonds is 7. The molecule has 1 aromatic heterocycles. The molecule has 1 saturated heterocycles. The molecule has 0 bridgehead atoms. The van der Waals surface area contributed by atoms with E-state index in [2.05, 4.69) is 0 Å². The van der Waals surface area contributed by atoms with Gasteiger partial charge in [0.2, 0.25) is 5.91 Å². The molecule has 2 aliphatic rings. The Balaban J connectivity index is 1.31. The van der Waals surface area contributed by atoms with Gasteiger partial charge in [-0.25, -0.2) is 13.2 Å². The molecule has 1 aliphatic heterocycles. The molecule has 40 heavy (non-hydrogen) atoms. The van der Waals surface area contributed by atoms with Crippen molar-refractivity contribution in [3.8, 4) is 22.3 Å². The lowest BCUT2D eigenvalue weighted by Gasteiger charge is -2.31. The highest BCUT2D eigenvalue weighted by Crippen LogP contribution is 2.49. The summed E-state index contributed by atoms with van der Waals surface area (Å²) in [4.78, 5) is 26.2. The standard InChI is InChI=1S/C32H29F3N2O3/c33-25-7-5-21(6-8-25)27-19-23(17-24-18-26(40-28(24)27)9-10-31(11-12-31)30(36)39)20-1-3-22(4-2-20)29(38)37-15-13-32(34,35)14-16-37/h1-8,17-19H,9-16H2,(H2,36,39). The number of hydrogen-bond acceptors (Lipinski definition) is 3. The van der Waals surface area contributed by atoms with E-state index in [1.807, 2.05) is 30.3 Å². The van der Waals surface area contributed by atoms with E-state index in [0.29, 0.717) is 24.0 Å². The second-order valence-electron chi connectivity index (χ2n) is 11.0. The predicted octanol–water partition coefficient (Wildman–Crippen LogP) is 6.98. The minimum atomic E-state index is -2.71. The van der Waals surface area contributed by atoms with Crippen molar-refractivity contribution < 1.29 is 27.2 Å². The molecule has 5 nitrogen and oxygen atoms in total. The quantitative estimate of drug-likeness (QED) is 0.272. The molecule has 0 unspecified atom stereocenters. The Morgan fingerprint density at radius 1 is 0.850 bits per heavy atom. The van der Waals surface area contributed by atoms with Gasteiger partial charge in [-0.3, -0.25) is 9.59 Å². The van der Waals surface area contributed by atoms with Gasteiger partial charge in [-0.15, -0.1) is 0 Å². The van der Waals surface area contributed by atoms with E-state index in [-0.39, 0.29) is 43.6 Å². The average Bonchev–Trinajstić information content (AvgIpc) is 3.63. The van der Waals surface area contributed by atoms with E-state index in [1.54, 1.807) is 24.3 Å². The van der Waals surface area contributed by atoms with Gasteiger partial charge in [-0.1, -0.05) is 24.3 Å². The molecule has 2 amide bonds. The molecule has 2 heterocycles. The normalized spacial score (nSPS) is 17.6. The Labute approximate surface area is 229 Å². The number of alkyl halides is 2. The highest BCUT2D eigenvalue weighted by atomic mass is 19.3. The molecule has 4 aromatic rings. The number of carbonyl (C=O) groups is 2. The van der Waals surface area contributed by atoms with Crippen LogP contribution in [0.25, 0.3) is 33.2 Å². The van der Waals surface area contributed by atoms with Crippen LogP contribution in [0.3, 0.4) is 0 Å². The Morgan fingerprint density at radius 3 is 2.12 bits per heavy atom. The van der Waals surface area contributed by atoms with Gasteiger partial charge >= 0.3 is 0 Å². The molecule has 206 valence electrons. The van der Waals surface area contributed by atoms with Crippen LogP contribution in [0.2, 0.25) is 0 Å². The summed E-state index contributed by atoms with van der Waals surface area (Å²) in [7, 11) is 0. The summed E-state index contributed by atoms with van der Waals surface area (Å²) in [6.07, 6.45) is 2.17. The molecule has 2 fully saturated rings. The number of fused-ring (bicyclic) bond motifs is 1. The van der Waals surface area contributed by atoms with Crippen LogP contribution in [-0.4, -0.2) is 35.7 Å². The zero-order valence-electron chi connectivity index (χ0n) is 21.9. The van der Waals surface area contributed by atoms with Crippen molar-refractivity contribution in [2.75, 3.05) is 13.1 Å². The van der Waals surface area contributed by atoms with Gasteiger partial charge in [0, 0.05) is 54.3 Å². The monoisotopic (exact) mass is 546 g/mol. The number of carbonyl (C=O) groups excluding carboxylic acids is 2. The van der Waals surface area contributed by atoms with Crippen LogP contribution >= 0.6 is 0 Å². The van der Waals surface area contributed by atoms with Crippen LogP contribution in [0.5, 0.6) is 0 Å². The highest BCUT2D eigenvalue weighted by molar-refractivity contribution is 5.98. The summed E-state index contributed by atoms with van der Waals surface area (Å²) in [5.41, 5.74) is 9.61. The SMILES string of the molecule is NC(=O)C1(CCc2cc3cc(-c4ccc(C(=O)N5CCC(F)(F)CC5)cc4)cc(-c4ccc(F)cc4)c3o2)CC1. The first-order valence-corrected chi connectivity index (χ1v) is 13.5. The summed E-state index contributed by atoms with van der Waals surface area (Å²) in [5, 5.41) is 0.866. The first-order chi connectivity index (χ1) is 19.1. The topological polar surface area (TPSA) is 76.5 Å². The number of likely N-dealkylation sites (tertiary alicyclic amines) is 1. The number of amides is 2. The number of nitrogens with zero attached hydrogens (tertiary/aromatic N) is 1. The summed E-state index contributed by atoms with van der Waals surface area (Å²) in [6.45, 7) is 0.0727. The van der Waals surface area contributed by atoms with Crippen LogP contribution < -0.4 is 5.73 Å². The number of nitrogens with two attached hydrogens (primary N) is 1. The molecule has 0 radical (unpaired) electrons. The number of aryl methyl sites for hydroxylation is 1. The molecule has 6 rings (SSSR count). The van der Waals surface area contributed by atoms with Gasteiger partial charge < -0.3 is 15.1 Å². The molecular weight excluding hydrogens is 517 g/mol. The molecule has 1 saturated carbocycles. The van der Waals surface area contributed by atoms with Crippen molar-refractivity contribution in [2.45, 2.75) is 44.4 Å². The van der Waals surface area contributed by atoms with Crippen LogP contribution in [-0.2, 0) is 11.2 Å². The predicted molar refractivity (Wildman–Crippen MR) is 146 cm³/mol. The van der Waals surface area contributed by atoms with E-state index in [1.165, 1.54) is 17.0 Å². The van der Waals surface area contributed by atoms with Gasteiger partial charge in [0.25, 0.3) is 11.8 Å². The van der Waals surface area contributed by atoms with Crippen LogP contribution in [0.15, 0.2) is 71.1 Å². The van der Waals surface area contributed by atoms with E-state index < -0.39 is 11.3 Å². The van der Waals surface area contributed by atoms with Crippen molar-refractivity contribution >= 4 is 22.8 Å². The van der Waals surface area contributed by atoms with Gasteiger partial charge in [-0.05, 0) is 78.4 Å². The number of primary amides is 1. The van der Waals surface area contributed by atoms with Crippen molar-refractivity contribution in [1.29, 1.82) is 0 Å². The summed E-state index contributed by atoms with van der Waals surface area (Å²) in [5.74, 6) is -2.83. The van der Waals surface area contributed by atoms with Gasteiger partial charge in [0.1, 0.15) is 17.2 Å². The fourth-order valence-corrected chi connectivity index (χ4v) is 5.50. The Bertz CT molecular complexity index is 1580. The highest BCUT2D eigenvalue weighted by Gasteiger charge is 2.47. The fraction of sp³-hybridized carbons (Fsp3) is 0.312. The van der Waals surface area contributed by atoms with Crippen molar-refractivity contribution in [2.24, 2.45) is 11.1 Å². The van der Waals surface area contributed by atoms with E-state index in [0.717, 1.165) is 46.2 Å². The lowest BCUT2D eigenvalue weighted by molar-refractivity contribution is -0.123. The minimum absolute atomic E-state index is 0.0364. The number of hydrogen-bond donors (Lipinski definition) is 1. The van der Waals surface area contributed by atoms with E-state index in [9.17, 15) is 22.8 Å². The molecular formula is C32H29F3N2O3. The Kier molecular flexibility index (Phi) is 6.44. The van der Waals surface area contributed by atoms with E-state index in [4.69, 9.17) is 10.2 Å². The molecule has 1 aliphatic carbocycles. The number of halogens is 3. The van der Waals surface area contributed by atoms with Crippen LogP contribution in [0.1, 0.15) is 48.2 Å². The molecule has 2 N–H and O–H groups in total. The molecule has 0 spiro atoms. The summed E-state index contributed by atoms with van der Waals surface area (Å²) < 4.78 is 47.0. The molecule has 8 heteroatoms. The lowest BCUT2D eigenvalue weighted by atomic mass is 9.95. The van der Waals surface area contributed by atoms with Gasteiger partial charge in [0.05, 0.1) is 0 Å². The average molecular weight is 547 g/mol. The second kappa shape index (κ2) is 9.84. The Hall–Kier alpha value is -4.07. The van der Waals surface area contributed by atoms with Gasteiger partial charge in [-0.2, -0.15) is 0 Å². The summed E-state index contributed by atoms with van der Waals surface area (Å²) >= 11 is 0. The fourth-order valence-electron chi connectivity index (χ4n) is 5.50. The van der Waals surface area contributed by atoms with Crippen molar-refractivity contribution in [3.63, 3.8) is 0 Å². The second-order valence-corrected chi connectivity index (χ2v) is 11.0. The third-order valence-corrected chi connectivity index (χ3v) is 8.30. The minimum Gasteiger partial charge on any atom is -0.460 e. The zero-order chi connectivity index (χ0) is 28.1. The number of benzene rings is 3.